The lowest BCUT2D eigenvalue weighted by Crippen LogP contribution is -2.10. The molecule has 2 nitrogen and oxygen atoms in total. The van der Waals surface area contributed by atoms with Gasteiger partial charge in [-0.1, -0.05) is 0 Å². The minimum atomic E-state index is -0.486. The molecule has 1 unspecified atom stereocenters. The van der Waals surface area contributed by atoms with E-state index in [1.54, 1.807) is 0 Å². The molecule has 0 aromatic rings. The van der Waals surface area contributed by atoms with Crippen molar-refractivity contribution in [1.29, 1.82) is 0 Å². The number of aliphatic hydroxyl groups excluding tert-OH is 1. The highest BCUT2D eigenvalue weighted by Gasteiger charge is 2.29. The molecule has 1 aliphatic carbocycles. The van der Waals surface area contributed by atoms with E-state index in [1.807, 2.05) is 0 Å². The molecule has 1 rings (SSSR count). The van der Waals surface area contributed by atoms with Crippen LogP contribution >= 0.6 is 0 Å². The molecule has 0 aliphatic heterocycles. The molecule has 0 aromatic carbocycles. The van der Waals surface area contributed by atoms with Gasteiger partial charge >= 0.3 is 0 Å². The van der Waals surface area contributed by atoms with Gasteiger partial charge in [-0.3, -0.25) is 0 Å². The zero-order valence-corrected chi connectivity index (χ0v) is 4.42. The van der Waals surface area contributed by atoms with Gasteiger partial charge in [-0.25, -0.2) is 0 Å². The summed E-state index contributed by atoms with van der Waals surface area (Å²) in [6, 6.07) is 0. The second-order valence-electron chi connectivity index (χ2n) is 1.96. The maximum atomic E-state index is 8.78. The van der Waals surface area contributed by atoms with Crippen molar-refractivity contribution in [3.8, 4) is 0 Å². The van der Waals surface area contributed by atoms with Crippen molar-refractivity contribution < 1.29 is 9.84 Å². The highest BCUT2D eigenvalue weighted by Crippen LogP contribution is 2.32. The minimum absolute atomic E-state index is 0.449. The van der Waals surface area contributed by atoms with Crippen LogP contribution in [0.15, 0.2) is 0 Å². The lowest BCUT2D eigenvalue weighted by Gasteiger charge is -2.02. The van der Waals surface area contributed by atoms with E-state index in [2.05, 4.69) is 4.74 Å². The first kappa shape index (κ1) is 5.06. The maximum Gasteiger partial charge on any atom is 0.156 e. The van der Waals surface area contributed by atoms with E-state index in [0.29, 0.717) is 5.92 Å². The van der Waals surface area contributed by atoms with Crippen molar-refractivity contribution in [1.82, 2.24) is 0 Å². The Morgan fingerprint density at radius 1 is 1.71 bits per heavy atom. The Balaban J connectivity index is 2.10. The van der Waals surface area contributed by atoms with Crippen LogP contribution in [0.25, 0.3) is 0 Å². The lowest BCUT2D eigenvalue weighted by atomic mass is 10.4. The van der Waals surface area contributed by atoms with Crippen LogP contribution in [-0.2, 0) is 4.74 Å². The molecule has 0 spiro atoms. The fraction of sp³-hybridized carbons (Fsp3) is 1.00. The molecule has 0 radical (unpaired) electrons. The summed E-state index contributed by atoms with van der Waals surface area (Å²) in [6.07, 6.45) is 1.78. The van der Waals surface area contributed by atoms with Gasteiger partial charge in [-0.05, 0) is 12.8 Å². The molecule has 0 saturated heterocycles. The SMILES string of the molecule is COC(O)C1CC1. The van der Waals surface area contributed by atoms with Crippen LogP contribution in [0, 0.1) is 5.92 Å². The van der Waals surface area contributed by atoms with Crippen molar-refractivity contribution in [2.45, 2.75) is 19.1 Å². The fourth-order valence-corrected chi connectivity index (χ4v) is 0.574. The molecular formula is C5H10O2. The molecule has 1 fully saturated rings. The summed E-state index contributed by atoms with van der Waals surface area (Å²) in [5, 5.41) is 8.78. The zero-order chi connectivity index (χ0) is 5.28. The average Bonchev–Trinajstić information content (AvgIpc) is 2.44. The molecule has 0 amide bonds. The number of ether oxygens (including phenoxy) is 1. The van der Waals surface area contributed by atoms with Crippen molar-refractivity contribution >= 4 is 0 Å². The number of aliphatic hydroxyl groups is 1. The Kier molecular flexibility index (Phi) is 1.30. The van der Waals surface area contributed by atoms with Crippen LogP contribution in [0.4, 0.5) is 0 Å². The van der Waals surface area contributed by atoms with Crippen molar-refractivity contribution in [3.05, 3.63) is 0 Å². The Morgan fingerprint density at radius 2 is 2.29 bits per heavy atom. The summed E-state index contributed by atoms with van der Waals surface area (Å²) in [5.74, 6) is 0.449. The van der Waals surface area contributed by atoms with E-state index < -0.39 is 6.29 Å². The van der Waals surface area contributed by atoms with Gasteiger partial charge in [-0.15, -0.1) is 0 Å². The monoisotopic (exact) mass is 102 g/mol. The van der Waals surface area contributed by atoms with Gasteiger partial charge < -0.3 is 9.84 Å². The standard InChI is InChI=1S/C5H10O2/c1-7-5(6)4-2-3-4/h4-6H,2-3H2,1H3. The first-order valence-electron chi connectivity index (χ1n) is 2.55. The average molecular weight is 102 g/mol. The van der Waals surface area contributed by atoms with E-state index in [-0.39, 0.29) is 0 Å². The molecule has 2 heteroatoms. The summed E-state index contributed by atoms with van der Waals surface area (Å²) in [5.41, 5.74) is 0. The molecular weight excluding hydrogens is 92.1 g/mol. The summed E-state index contributed by atoms with van der Waals surface area (Å²) in [7, 11) is 1.53. The van der Waals surface area contributed by atoms with Crippen molar-refractivity contribution in [2.24, 2.45) is 5.92 Å². The Bertz CT molecular complexity index is 59.1. The first-order chi connectivity index (χ1) is 3.34. The third kappa shape index (κ3) is 1.14. The van der Waals surface area contributed by atoms with Gasteiger partial charge in [-0.2, -0.15) is 0 Å². The molecule has 1 atom stereocenters. The van der Waals surface area contributed by atoms with Crippen molar-refractivity contribution in [3.63, 3.8) is 0 Å². The fourth-order valence-electron chi connectivity index (χ4n) is 0.574. The van der Waals surface area contributed by atoms with E-state index in [0.717, 1.165) is 12.8 Å². The van der Waals surface area contributed by atoms with Gasteiger partial charge in [0.25, 0.3) is 0 Å². The van der Waals surface area contributed by atoms with Crippen LogP contribution in [0.2, 0.25) is 0 Å². The zero-order valence-electron chi connectivity index (χ0n) is 4.42. The van der Waals surface area contributed by atoms with Gasteiger partial charge in [0.2, 0.25) is 0 Å². The van der Waals surface area contributed by atoms with Gasteiger partial charge in [0, 0.05) is 13.0 Å². The van der Waals surface area contributed by atoms with Crippen molar-refractivity contribution in [2.75, 3.05) is 7.11 Å². The molecule has 7 heavy (non-hydrogen) atoms. The lowest BCUT2D eigenvalue weighted by molar-refractivity contribution is -0.0882. The second kappa shape index (κ2) is 1.80. The molecule has 1 saturated carbocycles. The second-order valence-corrected chi connectivity index (χ2v) is 1.96. The van der Waals surface area contributed by atoms with E-state index >= 15 is 0 Å². The summed E-state index contributed by atoms with van der Waals surface area (Å²) in [4.78, 5) is 0. The maximum absolute atomic E-state index is 8.78. The van der Waals surface area contributed by atoms with E-state index in [1.165, 1.54) is 7.11 Å². The van der Waals surface area contributed by atoms with Gasteiger partial charge in [0.1, 0.15) is 0 Å². The van der Waals surface area contributed by atoms with Crippen LogP contribution in [-0.4, -0.2) is 18.5 Å². The predicted octanol–water partition coefficient (Wildman–Crippen LogP) is 0.361. The molecule has 42 valence electrons. The molecule has 0 heterocycles. The predicted molar refractivity (Wildman–Crippen MR) is 25.7 cm³/mol. The normalized spacial score (nSPS) is 24.9. The molecule has 1 aliphatic rings. The largest absolute Gasteiger partial charge is 0.368 e. The topological polar surface area (TPSA) is 29.5 Å². The smallest absolute Gasteiger partial charge is 0.156 e. The highest BCUT2D eigenvalue weighted by molar-refractivity contribution is 4.74. The molecule has 0 aromatic heterocycles. The number of hydrogen-bond acceptors (Lipinski definition) is 2. The number of methoxy groups -OCH3 is 1. The van der Waals surface area contributed by atoms with E-state index in [4.69, 9.17) is 5.11 Å². The summed E-state index contributed by atoms with van der Waals surface area (Å²) >= 11 is 0. The van der Waals surface area contributed by atoms with Gasteiger partial charge in [0.05, 0.1) is 0 Å². The summed E-state index contributed by atoms with van der Waals surface area (Å²) < 4.78 is 4.63. The summed E-state index contributed by atoms with van der Waals surface area (Å²) in [6.45, 7) is 0. The van der Waals surface area contributed by atoms with Crippen LogP contribution in [0.5, 0.6) is 0 Å². The Hall–Kier alpha value is -0.0800. The molecule has 1 N–H and O–H groups in total. The Labute approximate surface area is 43.1 Å². The number of rotatable bonds is 2. The van der Waals surface area contributed by atoms with Crippen LogP contribution in [0.3, 0.4) is 0 Å². The first-order valence-corrected chi connectivity index (χ1v) is 2.55. The van der Waals surface area contributed by atoms with Crippen LogP contribution in [0.1, 0.15) is 12.8 Å². The minimum Gasteiger partial charge on any atom is -0.368 e. The highest BCUT2D eigenvalue weighted by atomic mass is 16.6. The third-order valence-electron chi connectivity index (χ3n) is 1.27. The quantitative estimate of drug-likeness (QED) is 0.510. The van der Waals surface area contributed by atoms with Crippen LogP contribution < -0.4 is 0 Å². The third-order valence-corrected chi connectivity index (χ3v) is 1.27. The molecule has 0 bridgehead atoms. The number of hydrogen-bond donors (Lipinski definition) is 1. The van der Waals surface area contributed by atoms with Gasteiger partial charge in [0.15, 0.2) is 6.29 Å². The van der Waals surface area contributed by atoms with E-state index in [9.17, 15) is 0 Å². The Morgan fingerprint density at radius 3 is 2.43 bits per heavy atom.